The average Bonchev–Trinajstić information content (AvgIpc) is 2.19. The first kappa shape index (κ1) is 11.8. The van der Waals surface area contributed by atoms with Crippen molar-refractivity contribution in [2.75, 3.05) is 7.05 Å². The Bertz CT molecular complexity index is 299. The molecule has 1 unspecified atom stereocenters. The van der Waals surface area contributed by atoms with Gasteiger partial charge >= 0.3 is 0 Å². The minimum Gasteiger partial charge on any atom is -0.317 e. The number of hydrogen-bond donors (Lipinski definition) is 1. The lowest BCUT2D eigenvalue weighted by molar-refractivity contribution is 0.565. The van der Waals surface area contributed by atoms with Gasteiger partial charge in [0.1, 0.15) is 0 Å². The minimum absolute atomic E-state index is 0.505. The average molecular weight is 232 g/mol. The van der Waals surface area contributed by atoms with Gasteiger partial charge in [0.25, 0.3) is 0 Å². The largest absolute Gasteiger partial charge is 0.317 e. The van der Waals surface area contributed by atoms with E-state index < -0.39 is 0 Å². The summed E-state index contributed by atoms with van der Waals surface area (Å²) in [4.78, 5) is 0. The van der Waals surface area contributed by atoms with E-state index in [1.807, 2.05) is 25.2 Å². The molecular weight excluding hydrogens is 217 g/mol. The predicted octanol–water partition coefficient (Wildman–Crippen LogP) is 3.53. The van der Waals surface area contributed by atoms with Crippen molar-refractivity contribution in [2.45, 2.75) is 25.8 Å². The first-order valence-corrected chi connectivity index (χ1v) is 5.50. The maximum absolute atomic E-state index is 6.04. The molecule has 0 spiro atoms. The third-order valence-corrected chi connectivity index (χ3v) is 2.95. The fraction of sp³-hybridized carbons (Fsp3) is 0.455. The lowest BCUT2D eigenvalue weighted by Gasteiger charge is -2.10. The van der Waals surface area contributed by atoms with Crippen LogP contribution < -0.4 is 5.32 Å². The molecule has 0 bridgehead atoms. The third kappa shape index (κ3) is 3.49. The van der Waals surface area contributed by atoms with Crippen molar-refractivity contribution in [3.63, 3.8) is 0 Å². The molecule has 1 aromatic rings. The summed E-state index contributed by atoms with van der Waals surface area (Å²) in [6.45, 7) is 2.15. The van der Waals surface area contributed by atoms with Crippen molar-refractivity contribution in [3.05, 3.63) is 33.8 Å². The second kappa shape index (κ2) is 5.59. The van der Waals surface area contributed by atoms with Gasteiger partial charge in [-0.15, -0.1) is 0 Å². The van der Waals surface area contributed by atoms with Gasteiger partial charge in [-0.3, -0.25) is 0 Å². The van der Waals surface area contributed by atoms with Crippen LogP contribution in [-0.2, 0) is 6.42 Å². The van der Waals surface area contributed by atoms with Crippen LogP contribution in [0.2, 0.25) is 10.0 Å². The number of rotatable bonds is 4. The van der Waals surface area contributed by atoms with Gasteiger partial charge in [-0.25, -0.2) is 0 Å². The van der Waals surface area contributed by atoms with E-state index in [1.54, 1.807) is 0 Å². The number of benzene rings is 1. The highest BCUT2D eigenvalue weighted by Gasteiger charge is 2.03. The SMILES string of the molecule is CNC(C)CCc1cc(Cl)ccc1Cl. The second-order valence-electron chi connectivity index (χ2n) is 3.46. The molecule has 1 nitrogen and oxygen atoms in total. The first-order valence-electron chi connectivity index (χ1n) is 4.74. The van der Waals surface area contributed by atoms with Gasteiger partial charge in [0.2, 0.25) is 0 Å². The molecule has 1 rings (SSSR count). The molecule has 0 fully saturated rings. The molecule has 0 saturated heterocycles. The quantitative estimate of drug-likeness (QED) is 0.837. The van der Waals surface area contributed by atoms with Crippen LogP contribution in [0.3, 0.4) is 0 Å². The molecule has 1 atom stereocenters. The Morgan fingerprint density at radius 1 is 1.36 bits per heavy atom. The predicted molar refractivity (Wildman–Crippen MR) is 63.3 cm³/mol. The van der Waals surface area contributed by atoms with Crippen LogP contribution in [0.25, 0.3) is 0 Å². The molecule has 0 heterocycles. The normalized spacial score (nSPS) is 12.9. The molecule has 0 amide bonds. The lowest BCUT2D eigenvalue weighted by atomic mass is 10.1. The molecule has 0 aliphatic heterocycles. The van der Waals surface area contributed by atoms with Gasteiger partial charge in [-0.2, -0.15) is 0 Å². The van der Waals surface area contributed by atoms with E-state index in [0.717, 1.165) is 28.5 Å². The molecule has 3 heteroatoms. The summed E-state index contributed by atoms with van der Waals surface area (Å²) in [5.74, 6) is 0. The van der Waals surface area contributed by atoms with Crippen LogP contribution >= 0.6 is 23.2 Å². The topological polar surface area (TPSA) is 12.0 Å². The van der Waals surface area contributed by atoms with Crippen molar-refractivity contribution in [3.8, 4) is 0 Å². The highest BCUT2D eigenvalue weighted by molar-refractivity contribution is 6.33. The lowest BCUT2D eigenvalue weighted by Crippen LogP contribution is -2.21. The van der Waals surface area contributed by atoms with E-state index in [-0.39, 0.29) is 0 Å². The zero-order valence-corrected chi connectivity index (χ0v) is 9.99. The van der Waals surface area contributed by atoms with Crippen molar-refractivity contribution >= 4 is 23.2 Å². The molecular formula is C11H15Cl2N. The number of halogens is 2. The van der Waals surface area contributed by atoms with Crippen LogP contribution in [0.4, 0.5) is 0 Å². The Morgan fingerprint density at radius 2 is 2.07 bits per heavy atom. The van der Waals surface area contributed by atoms with Gasteiger partial charge in [0, 0.05) is 16.1 Å². The molecule has 1 aromatic carbocycles. The van der Waals surface area contributed by atoms with Gasteiger partial charge in [-0.1, -0.05) is 23.2 Å². The molecule has 14 heavy (non-hydrogen) atoms. The van der Waals surface area contributed by atoms with Gasteiger partial charge in [-0.05, 0) is 50.6 Å². The summed E-state index contributed by atoms with van der Waals surface area (Å²) in [6, 6.07) is 6.11. The van der Waals surface area contributed by atoms with Crippen LogP contribution in [0.5, 0.6) is 0 Å². The second-order valence-corrected chi connectivity index (χ2v) is 4.31. The third-order valence-electron chi connectivity index (χ3n) is 2.35. The molecule has 0 aliphatic carbocycles. The van der Waals surface area contributed by atoms with Gasteiger partial charge < -0.3 is 5.32 Å². The Balaban J connectivity index is 2.62. The molecule has 0 saturated carbocycles. The van der Waals surface area contributed by atoms with E-state index in [4.69, 9.17) is 23.2 Å². The highest BCUT2D eigenvalue weighted by atomic mass is 35.5. The summed E-state index contributed by atoms with van der Waals surface area (Å²) >= 11 is 11.9. The zero-order valence-electron chi connectivity index (χ0n) is 8.48. The van der Waals surface area contributed by atoms with E-state index in [1.165, 1.54) is 0 Å². The van der Waals surface area contributed by atoms with Crippen molar-refractivity contribution in [2.24, 2.45) is 0 Å². The number of aryl methyl sites for hydroxylation is 1. The Kier molecular flexibility index (Phi) is 4.73. The summed E-state index contributed by atoms with van der Waals surface area (Å²) in [6.07, 6.45) is 2.03. The maximum Gasteiger partial charge on any atom is 0.0439 e. The van der Waals surface area contributed by atoms with Gasteiger partial charge in [0.05, 0.1) is 0 Å². The van der Waals surface area contributed by atoms with Crippen molar-refractivity contribution < 1.29 is 0 Å². The minimum atomic E-state index is 0.505. The monoisotopic (exact) mass is 231 g/mol. The summed E-state index contributed by atoms with van der Waals surface area (Å²) in [7, 11) is 1.96. The Morgan fingerprint density at radius 3 is 2.71 bits per heavy atom. The zero-order chi connectivity index (χ0) is 10.6. The van der Waals surface area contributed by atoms with E-state index >= 15 is 0 Å². The fourth-order valence-corrected chi connectivity index (χ4v) is 1.66. The van der Waals surface area contributed by atoms with Crippen LogP contribution in [0.15, 0.2) is 18.2 Å². The van der Waals surface area contributed by atoms with E-state index in [2.05, 4.69) is 12.2 Å². The summed E-state index contributed by atoms with van der Waals surface area (Å²) < 4.78 is 0. The Labute approximate surface area is 95.4 Å². The molecule has 0 aliphatic rings. The van der Waals surface area contributed by atoms with Crippen LogP contribution in [-0.4, -0.2) is 13.1 Å². The Hall–Kier alpha value is -0.240. The molecule has 78 valence electrons. The fourth-order valence-electron chi connectivity index (χ4n) is 1.25. The standard InChI is InChI=1S/C11H15Cl2N/c1-8(14-2)3-4-9-7-10(12)5-6-11(9)13/h5-8,14H,3-4H2,1-2H3. The van der Waals surface area contributed by atoms with Gasteiger partial charge in [0.15, 0.2) is 0 Å². The number of nitrogens with one attached hydrogen (secondary N) is 1. The van der Waals surface area contributed by atoms with E-state index in [9.17, 15) is 0 Å². The number of hydrogen-bond acceptors (Lipinski definition) is 1. The van der Waals surface area contributed by atoms with E-state index in [0.29, 0.717) is 6.04 Å². The van der Waals surface area contributed by atoms with Crippen molar-refractivity contribution in [1.29, 1.82) is 0 Å². The summed E-state index contributed by atoms with van der Waals surface area (Å²) in [5, 5.41) is 4.75. The summed E-state index contributed by atoms with van der Waals surface area (Å²) in [5.41, 5.74) is 1.13. The molecule has 1 N–H and O–H groups in total. The van der Waals surface area contributed by atoms with Crippen LogP contribution in [0, 0.1) is 0 Å². The highest BCUT2D eigenvalue weighted by Crippen LogP contribution is 2.22. The van der Waals surface area contributed by atoms with Crippen molar-refractivity contribution in [1.82, 2.24) is 5.32 Å². The molecule has 0 aromatic heterocycles. The molecule has 0 radical (unpaired) electrons. The van der Waals surface area contributed by atoms with Crippen LogP contribution in [0.1, 0.15) is 18.9 Å². The smallest absolute Gasteiger partial charge is 0.0439 e. The first-order chi connectivity index (χ1) is 6.63. The maximum atomic E-state index is 6.04.